The second-order valence-electron chi connectivity index (χ2n) is 8.33. The van der Waals surface area contributed by atoms with Crippen molar-refractivity contribution in [1.82, 2.24) is 25.2 Å². The number of methoxy groups -OCH3 is 1. The molecule has 0 aliphatic carbocycles. The van der Waals surface area contributed by atoms with Crippen molar-refractivity contribution in [3.8, 4) is 0 Å². The van der Waals surface area contributed by atoms with E-state index in [2.05, 4.69) is 56.6 Å². The summed E-state index contributed by atoms with van der Waals surface area (Å²) in [6.45, 7) is 5.86. The number of aromatic nitrogens is 5. The number of fused-ring (bicyclic) bond motifs is 2. The number of pyridine rings is 1. The van der Waals surface area contributed by atoms with Crippen LogP contribution in [0, 0.1) is 13.8 Å². The molecule has 1 N–H and O–H groups in total. The predicted octanol–water partition coefficient (Wildman–Crippen LogP) is 2.93. The minimum atomic E-state index is -0.417. The molecule has 0 fully saturated rings. The van der Waals surface area contributed by atoms with Crippen molar-refractivity contribution in [3.63, 3.8) is 0 Å². The van der Waals surface area contributed by atoms with Gasteiger partial charge in [-0.1, -0.05) is 29.8 Å². The minimum Gasteiger partial charge on any atom is -0.383 e. The van der Waals surface area contributed by atoms with Gasteiger partial charge >= 0.3 is 0 Å². The third-order valence-corrected chi connectivity index (χ3v) is 6.16. The number of anilines is 1. The molecular weight excluding hydrogens is 404 g/mol. The van der Waals surface area contributed by atoms with E-state index in [1.54, 1.807) is 11.8 Å². The molecule has 2 aromatic carbocycles. The first-order valence-electron chi connectivity index (χ1n) is 10.8. The van der Waals surface area contributed by atoms with Crippen molar-refractivity contribution < 1.29 is 4.74 Å². The summed E-state index contributed by atoms with van der Waals surface area (Å²) >= 11 is 0. The molecule has 164 valence electrons. The Hall–Kier alpha value is -3.52. The molecule has 1 atom stereocenters. The predicted molar refractivity (Wildman–Crippen MR) is 123 cm³/mol. The van der Waals surface area contributed by atoms with Crippen LogP contribution in [0.2, 0.25) is 0 Å². The molecule has 0 spiro atoms. The van der Waals surface area contributed by atoms with E-state index in [0.717, 1.165) is 40.7 Å². The third kappa shape index (κ3) is 3.46. The highest BCUT2D eigenvalue weighted by Gasteiger charge is 2.34. The molecule has 5 rings (SSSR count). The Balaban J connectivity index is 1.72. The van der Waals surface area contributed by atoms with Gasteiger partial charge in [0.05, 0.1) is 18.7 Å². The Bertz CT molecular complexity index is 1340. The fraction of sp³-hybridized carbons (Fsp3) is 0.333. The molecule has 0 bridgehead atoms. The first-order valence-corrected chi connectivity index (χ1v) is 10.8. The van der Waals surface area contributed by atoms with Crippen LogP contribution in [0.5, 0.6) is 0 Å². The molecule has 0 saturated heterocycles. The summed E-state index contributed by atoms with van der Waals surface area (Å²) in [5, 5.41) is 13.5. The summed E-state index contributed by atoms with van der Waals surface area (Å²) in [6, 6.07) is 14.1. The van der Waals surface area contributed by atoms with Crippen LogP contribution >= 0.6 is 0 Å². The summed E-state index contributed by atoms with van der Waals surface area (Å²) < 4.78 is 6.98. The van der Waals surface area contributed by atoms with Crippen LogP contribution in [0.3, 0.4) is 0 Å². The maximum Gasteiger partial charge on any atom is 0.254 e. The second-order valence-corrected chi connectivity index (χ2v) is 8.33. The topological polar surface area (TPSA) is 88.9 Å². The smallest absolute Gasteiger partial charge is 0.254 e. The van der Waals surface area contributed by atoms with Gasteiger partial charge in [-0.2, -0.15) is 0 Å². The van der Waals surface area contributed by atoms with Crippen LogP contribution < -0.4 is 10.5 Å². The zero-order valence-corrected chi connectivity index (χ0v) is 18.5. The van der Waals surface area contributed by atoms with E-state index in [0.29, 0.717) is 24.5 Å². The number of ether oxygens (including phenoxy) is 1. The summed E-state index contributed by atoms with van der Waals surface area (Å²) in [7, 11) is 1.65. The number of aryl methyl sites for hydroxylation is 2. The van der Waals surface area contributed by atoms with Crippen LogP contribution in [0.1, 0.15) is 34.1 Å². The van der Waals surface area contributed by atoms with E-state index >= 15 is 0 Å². The Labute approximate surface area is 185 Å². The number of benzene rings is 2. The van der Waals surface area contributed by atoms with Gasteiger partial charge in [0, 0.05) is 24.9 Å². The molecule has 8 heteroatoms. The normalized spacial score (nSPS) is 14.2. The number of hydrogen-bond donors (Lipinski definition) is 1. The molecule has 1 aliphatic rings. The molecule has 8 nitrogen and oxygen atoms in total. The summed E-state index contributed by atoms with van der Waals surface area (Å²) in [4.78, 5) is 18.8. The molecule has 0 unspecified atom stereocenters. The number of H-pyrrole nitrogens is 1. The molecule has 0 saturated carbocycles. The van der Waals surface area contributed by atoms with Crippen LogP contribution in [0.15, 0.2) is 47.3 Å². The first kappa shape index (κ1) is 20.4. The highest BCUT2D eigenvalue weighted by Crippen LogP contribution is 2.37. The van der Waals surface area contributed by atoms with Crippen molar-refractivity contribution in [2.24, 2.45) is 0 Å². The minimum absolute atomic E-state index is 0.125. The number of aromatic amines is 1. The molecule has 0 radical (unpaired) electrons. The second kappa shape index (κ2) is 8.20. The van der Waals surface area contributed by atoms with Gasteiger partial charge < -0.3 is 14.6 Å². The van der Waals surface area contributed by atoms with E-state index in [4.69, 9.17) is 4.74 Å². The number of tetrazole rings is 1. The molecule has 4 aromatic rings. The van der Waals surface area contributed by atoms with Crippen LogP contribution in [0.4, 0.5) is 5.69 Å². The highest BCUT2D eigenvalue weighted by atomic mass is 16.5. The van der Waals surface area contributed by atoms with Crippen molar-refractivity contribution in [2.75, 3.05) is 25.2 Å². The van der Waals surface area contributed by atoms with Gasteiger partial charge in [0.1, 0.15) is 6.04 Å². The number of rotatable bonds is 6. The zero-order valence-electron chi connectivity index (χ0n) is 18.5. The van der Waals surface area contributed by atoms with Crippen LogP contribution in [-0.2, 0) is 17.7 Å². The maximum absolute atomic E-state index is 13.4. The van der Waals surface area contributed by atoms with Gasteiger partial charge in [-0.05, 0) is 65.4 Å². The molecule has 2 aromatic heterocycles. The van der Waals surface area contributed by atoms with Crippen molar-refractivity contribution in [3.05, 3.63) is 80.9 Å². The van der Waals surface area contributed by atoms with Crippen LogP contribution in [-0.4, -0.2) is 45.5 Å². The van der Waals surface area contributed by atoms with Crippen molar-refractivity contribution >= 4 is 16.6 Å². The molecule has 3 heterocycles. The number of nitrogens with one attached hydrogen (secondary N) is 1. The average Bonchev–Trinajstić information content (AvgIpc) is 3.41. The first-order chi connectivity index (χ1) is 15.6. The lowest BCUT2D eigenvalue weighted by atomic mass is 10.0. The molecule has 1 aliphatic heterocycles. The van der Waals surface area contributed by atoms with E-state index in [9.17, 15) is 4.79 Å². The lowest BCUT2D eigenvalue weighted by Crippen LogP contribution is -2.34. The van der Waals surface area contributed by atoms with E-state index < -0.39 is 6.04 Å². The zero-order chi connectivity index (χ0) is 22.2. The van der Waals surface area contributed by atoms with E-state index in [-0.39, 0.29) is 5.56 Å². The van der Waals surface area contributed by atoms with Gasteiger partial charge in [-0.15, -0.1) is 5.10 Å². The van der Waals surface area contributed by atoms with Gasteiger partial charge in [-0.25, -0.2) is 4.68 Å². The molecular formula is C24H26N6O2. The summed E-state index contributed by atoms with van der Waals surface area (Å²) in [5.41, 5.74) is 5.95. The largest absolute Gasteiger partial charge is 0.383 e. The monoisotopic (exact) mass is 430 g/mol. The third-order valence-electron chi connectivity index (χ3n) is 6.16. The lowest BCUT2D eigenvalue weighted by molar-refractivity contribution is 0.181. The SMILES string of the molecule is COCCn1nnnc1[C@H](c1cc2cc(C)cc(C)c2[nH]c1=O)N1CCc2ccccc21. The van der Waals surface area contributed by atoms with E-state index in [1.165, 1.54) is 5.56 Å². The number of nitrogens with zero attached hydrogens (tertiary/aromatic N) is 5. The summed E-state index contributed by atoms with van der Waals surface area (Å²) in [6.07, 6.45) is 0.913. The quantitative estimate of drug-likeness (QED) is 0.506. The number of para-hydroxylation sites is 1. The van der Waals surface area contributed by atoms with Crippen molar-refractivity contribution in [1.29, 1.82) is 0 Å². The Morgan fingerprint density at radius 3 is 2.88 bits per heavy atom. The Kier molecular flexibility index (Phi) is 5.22. The van der Waals surface area contributed by atoms with Gasteiger partial charge in [0.15, 0.2) is 5.82 Å². The fourth-order valence-corrected chi connectivity index (χ4v) is 4.73. The summed E-state index contributed by atoms with van der Waals surface area (Å²) in [5.74, 6) is 0.632. The van der Waals surface area contributed by atoms with Gasteiger partial charge in [0.25, 0.3) is 5.56 Å². The van der Waals surface area contributed by atoms with Gasteiger partial charge in [0.2, 0.25) is 0 Å². The van der Waals surface area contributed by atoms with Gasteiger partial charge in [-0.3, -0.25) is 4.79 Å². The van der Waals surface area contributed by atoms with E-state index in [1.807, 2.05) is 25.1 Å². The Morgan fingerprint density at radius 2 is 2.03 bits per heavy atom. The average molecular weight is 431 g/mol. The lowest BCUT2D eigenvalue weighted by Gasteiger charge is -2.29. The van der Waals surface area contributed by atoms with Crippen molar-refractivity contribution in [2.45, 2.75) is 32.9 Å². The van der Waals surface area contributed by atoms with Crippen LogP contribution in [0.25, 0.3) is 10.9 Å². The Morgan fingerprint density at radius 1 is 1.19 bits per heavy atom. The highest BCUT2D eigenvalue weighted by molar-refractivity contribution is 5.83. The fourth-order valence-electron chi connectivity index (χ4n) is 4.73. The molecule has 32 heavy (non-hydrogen) atoms. The standard InChI is InChI=1S/C24H26N6O2/c1-15-12-16(2)21-18(13-15)14-19(24(31)25-21)22(23-26-27-28-30(23)10-11-32-3)29-9-8-17-6-4-5-7-20(17)29/h4-7,12-14,22H,8-11H2,1-3H3,(H,25,31)/t22-/m0/s1. The maximum atomic E-state index is 13.4. The molecule has 0 amide bonds. The number of hydrogen-bond acceptors (Lipinski definition) is 6.